The van der Waals surface area contributed by atoms with Gasteiger partial charge in [-0.1, -0.05) is 11.8 Å². The second kappa shape index (κ2) is 10.1. The molecule has 11 heteroatoms. The lowest BCUT2D eigenvalue weighted by molar-refractivity contribution is 0.0518. The zero-order chi connectivity index (χ0) is 22.4. The third-order valence-corrected chi connectivity index (χ3v) is 5.34. The summed E-state index contributed by atoms with van der Waals surface area (Å²) >= 11 is 1.31. The number of aromatic amines is 1. The van der Waals surface area contributed by atoms with E-state index in [0.29, 0.717) is 27.7 Å². The molecular formula is C20H23N5O5S. The number of tetrazole rings is 1. The molecule has 2 aromatic heterocycles. The summed E-state index contributed by atoms with van der Waals surface area (Å²) in [5.41, 5.74) is 2.33. The van der Waals surface area contributed by atoms with E-state index >= 15 is 0 Å². The molecule has 31 heavy (non-hydrogen) atoms. The maximum atomic E-state index is 12.5. The van der Waals surface area contributed by atoms with Crippen molar-refractivity contribution < 1.29 is 23.8 Å². The number of aromatic nitrogens is 5. The quantitative estimate of drug-likeness (QED) is 0.391. The van der Waals surface area contributed by atoms with Gasteiger partial charge in [0, 0.05) is 11.4 Å². The number of ether oxygens (including phenoxy) is 3. The number of H-pyrrole nitrogens is 1. The normalized spacial score (nSPS) is 10.7. The van der Waals surface area contributed by atoms with Crippen molar-refractivity contribution in [1.82, 2.24) is 25.2 Å². The molecule has 0 radical (unpaired) electrons. The van der Waals surface area contributed by atoms with E-state index in [1.165, 1.54) is 11.8 Å². The molecule has 3 aromatic rings. The highest BCUT2D eigenvalue weighted by Crippen LogP contribution is 2.28. The predicted molar refractivity (Wildman–Crippen MR) is 113 cm³/mol. The van der Waals surface area contributed by atoms with Crippen LogP contribution in [0.2, 0.25) is 0 Å². The molecule has 0 saturated carbocycles. The van der Waals surface area contributed by atoms with E-state index in [-0.39, 0.29) is 18.9 Å². The Hall–Kier alpha value is -3.34. The molecule has 0 bridgehead atoms. The Morgan fingerprint density at radius 1 is 1.10 bits per heavy atom. The minimum atomic E-state index is -0.523. The van der Waals surface area contributed by atoms with Gasteiger partial charge in [0.05, 0.1) is 31.6 Å². The first-order chi connectivity index (χ1) is 15.0. The molecule has 0 spiro atoms. The standard InChI is InChI=1S/C20H23N5O5S/c1-5-29-18(26)16-12(3)17(19(27)30-6-2)21-15(16)11-31-20-22-23-24-25(20)13-7-9-14(28-4)10-8-13/h7-10,21H,5-6,11H2,1-4H3. The molecule has 0 amide bonds. The van der Waals surface area contributed by atoms with Crippen LogP contribution in [-0.2, 0) is 15.2 Å². The van der Waals surface area contributed by atoms with Gasteiger partial charge in [-0.15, -0.1) is 5.10 Å². The van der Waals surface area contributed by atoms with Gasteiger partial charge >= 0.3 is 11.9 Å². The molecule has 2 heterocycles. The lowest BCUT2D eigenvalue weighted by atomic mass is 10.1. The number of methoxy groups -OCH3 is 1. The number of benzene rings is 1. The van der Waals surface area contributed by atoms with Crippen LogP contribution in [0.1, 0.15) is 46.0 Å². The van der Waals surface area contributed by atoms with Gasteiger partial charge in [-0.3, -0.25) is 0 Å². The third kappa shape index (κ3) is 4.88. The van der Waals surface area contributed by atoms with E-state index in [2.05, 4.69) is 20.5 Å². The fourth-order valence-corrected chi connectivity index (χ4v) is 3.79. The highest BCUT2D eigenvalue weighted by molar-refractivity contribution is 7.98. The number of rotatable bonds is 9. The number of hydrogen-bond acceptors (Lipinski definition) is 9. The first-order valence-corrected chi connectivity index (χ1v) is 10.6. The lowest BCUT2D eigenvalue weighted by Crippen LogP contribution is -2.09. The van der Waals surface area contributed by atoms with Crippen molar-refractivity contribution in [2.24, 2.45) is 0 Å². The third-order valence-electron chi connectivity index (χ3n) is 4.39. The summed E-state index contributed by atoms with van der Waals surface area (Å²) in [6.07, 6.45) is 0. The zero-order valence-electron chi connectivity index (χ0n) is 17.7. The molecule has 0 fully saturated rings. The summed E-state index contributed by atoms with van der Waals surface area (Å²) in [5, 5.41) is 12.4. The van der Waals surface area contributed by atoms with Crippen LogP contribution in [0, 0.1) is 6.92 Å². The number of hydrogen-bond donors (Lipinski definition) is 1. The number of nitrogens with one attached hydrogen (secondary N) is 1. The summed E-state index contributed by atoms with van der Waals surface area (Å²) in [6, 6.07) is 7.29. The molecule has 0 atom stereocenters. The van der Waals surface area contributed by atoms with Crippen molar-refractivity contribution in [2.75, 3.05) is 20.3 Å². The number of esters is 2. The second-order valence-electron chi connectivity index (χ2n) is 6.28. The lowest BCUT2D eigenvalue weighted by Gasteiger charge is -2.07. The number of thioether (sulfide) groups is 1. The van der Waals surface area contributed by atoms with E-state index in [1.54, 1.807) is 32.6 Å². The molecule has 0 saturated heterocycles. The molecule has 1 N–H and O–H groups in total. The van der Waals surface area contributed by atoms with Crippen LogP contribution in [0.5, 0.6) is 5.75 Å². The van der Waals surface area contributed by atoms with E-state index in [1.807, 2.05) is 24.3 Å². The van der Waals surface area contributed by atoms with Crippen LogP contribution in [0.4, 0.5) is 0 Å². The van der Waals surface area contributed by atoms with E-state index in [0.717, 1.165) is 11.4 Å². The second-order valence-corrected chi connectivity index (χ2v) is 7.22. The van der Waals surface area contributed by atoms with Crippen LogP contribution >= 0.6 is 11.8 Å². The van der Waals surface area contributed by atoms with Gasteiger partial charge in [0.2, 0.25) is 5.16 Å². The molecule has 164 valence electrons. The van der Waals surface area contributed by atoms with Crippen LogP contribution in [0.3, 0.4) is 0 Å². The summed E-state index contributed by atoms with van der Waals surface area (Å²) < 4.78 is 17.0. The maximum Gasteiger partial charge on any atom is 0.355 e. The summed E-state index contributed by atoms with van der Waals surface area (Å²) in [7, 11) is 1.59. The Kier molecular flexibility index (Phi) is 7.29. The van der Waals surface area contributed by atoms with Crippen LogP contribution < -0.4 is 4.74 Å². The van der Waals surface area contributed by atoms with Gasteiger partial charge < -0.3 is 19.2 Å². The number of carbonyl (C=O) groups is 2. The number of carbonyl (C=O) groups excluding carboxylic acids is 2. The van der Waals surface area contributed by atoms with Crippen molar-refractivity contribution in [3.8, 4) is 11.4 Å². The fourth-order valence-electron chi connectivity index (χ4n) is 2.94. The number of nitrogens with zero attached hydrogens (tertiary/aromatic N) is 4. The fraction of sp³-hybridized carbons (Fsp3) is 0.350. The van der Waals surface area contributed by atoms with Gasteiger partial charge in [-0.25, -0.2) is 9.59 Å². The molecule has 0 aliphatic heterocycles. The van der Waals surface area contributed by atoms with Crippen molar-refractivity contribution in [3.63, 3.8) is 0 Å². The Labute approximate surface area is 183 Å². The van der Waals surface area contributed by atoms with Crippen molar-refractivity contribution >= 4 is 23.7 Å². The summed E-state index contributed by atoms with van der Waals surface area (Å²) in [6.45, 7) is 5.58. The Balaban J connectivity index is 1.87. The average Bonchev–Trinajstić information content (AvgIpc) is 3.36. The van der Waals surface area contributed by atoms with Crippen LogP contribution in [0.25, 0.3) is 5.69 Å². The molecule has 0 aliphatic carbocycles. The molecule has 0 unspecified atom stereocenters. The first kappa shape index (κ1) is 22.3. The van der Waals surface area contributed by atoms with Crippen molar-refractivity contribution in [2.45, 2.75) is 31.7 Å². The van der Waals surface area contributed by atoms with Crippen molar-refractivity contribution in [3.05, 3.63) is 46.8 Å². The monoisotopic (exact) mass is 445 g/mol. The minimum Gasteiger partial charge on any atom is -0.497 e. The first-order valence-electron chi connectivity index (χ1n) is 9.61. The Morgan fingerprint density at radius 2 is 1.77 bits per heavy atom. The predicted octanol–water partition coefficient (Wildman–Crippen LogP) is 2.95. The van der Waals surface area contributed by atoms with E-state index in [4.69, 9.17) is 14.2 Å². The Morgan fingerprint density at radius 3 is 2.42 bits per heavy atom. The molecule has 10 nitrogen and oxygen atoms in total. The van der Waals surface area contributed by atoms with Gasteiger partial charge in [-0.05, 0) is 61.0 Å². The molecular weight excluding hydrogens is 422 g/mol. The highest BCUT2D eigenvalue weighted by Gasteiger charge is 2.26. The average molecular weight is 446 g/mol. The van der Waals surface area contributed by atoms with Crippen LogP contribution in [-0.4, -0.2) is 57.5 Å². The van der Waals surface area contributed by atoms with Gasteiger partial charge in [0.25, 0.3) is 0 Å². The topological polar surface area (TPSA) is 121 Å². The largest absolute Gasteiger partial charge is 0.497 e. The highest BCUT2D eigenvalue weighted by atomic mass is 32.2. The van der Waals surface area contributed by atoms with Crippen molar-refractivity contribution in [1.29, 1.82) is 0 Å². The summed E-state index contributed by atoms with van der Waals surface area (Å²) in [5.74, 6) is 0.00532. The Bertz CT molecular complexity index is 1060. The maximum absolute atomic E-state index is 12.5. The van der Waals surface area contributed by atoms with E-state index < -0.39 is 11.9 Å². The minimum absolute atomic E-state index is 0.223. The van der Waals surface area contributed by atoms with Gasteiger partial charge in [0.15, 0.2) is 0 Å². The summed E-state index contributed by atoms with van der Waals surface area (Å²) in [4.78, 5) is 27.8. The SMILES string of the molecule is CCOC(=O)c1[nH]c(CSc2nnnn2-c2ccc(OC)cc2)c(C(=O)OCC)c1C. The zero-order valence-corrected chi connectivity index (χ0v) is 18.5. The smallest absolute Gasteiger partial charge is 0.355 e. The molecule has 0 aliphatic rings. The van der Waals surface area contributed by atoms with Gasteiger partial charge in [-0.2, -0.15) is 4.68 Å². The molecule has 1 aromatic carbocycles. The molecule has 3 rings (SSSR count). The van der Waals surface area contributed by atoms with Gasteiger partial charge in [0.1, 0.15) is 11.4 Å². The van der Waals surface area contributed by atoms with E-state index in [9.17, 15) is 9.59 Å². The van der Waals surface area contributed by atoms with Crippen LogP contribution in [0.15, 0.2) is 29.4 Å².